The second-order valence-corrected chi connectivity index (χ2v) is 7.21. The highest BCUT2D eigenvalue weighted by Crippen LogP contribution is 2.60. The van der Waals surface area contributed by atoms with Gasteiger partial charge >= 0.3 is 0 Å². The number of rotatable bonds is 9. The first-order valence-electron chi connectivity index (χ1n) is 8.09. The molecule has 0 aromatic heterocycles. The molecule has 4 heteroatoms. The third kappa shape index (κ3) is 3.00. The molecule has 0 aromatic rings. The minimum Gasteiger partial charge on any atom is -0.392 e. The predicted molar refractivity (Wildman–Crippen MR) is 86.4 cm³/mol. The van der Waals surface area contributed by atoms with Crippen LogP contribution in [0.5, 0.6) is 0 Å². The van der Waals surface area contributed by atoms with Crippen LogP contribution in [0.1, 0.15) is 65.2 Å². The second-order valence-electron chi connectivity index (χ2n) is 6.77. The number of hydrogen-bond donors (Lipinski definition) is 2. The first kappa shape index (κ1) is 15.7. The number of amides is 1. The maximum atomic E-state index is 12.7. The Morgan fingerprint density at radius 2 is 1.85 bits per heavy atom. The largest absolute Gasteiger partial charge is 0.392 e. The normalized spacial score (nSPS) is 20.5. The summed E-state index contributed by atoms with van der Waals surface area (Å²) in [4.78, 5) is 13.1. The van der Waals surface area contributed by atoms with Gasteiger partial charge in [0.05, 0.1) is 10.4 Å². The Balaban J connectivity index is 1.99. The number of thiocarbonyl (C=S) groups is 1. The van der Waals surface area contributed by atoms with Crippen LogP contribution in [0.3, 0.4) is 0 Å². The molecule has 0 saturated heterocycles. The van der Waals surface area contributed by atoms with Crippen molar-refractivity contribution in [2.75, 3.05) is 6.54 Å². The van der Waals surface area contributed by atoms with Crippen LogP contribution in [0.25, 0.3) is 0 Å². The van der Waals surface area contributed by atoms with E-state index in [1.165, 1.54) is 25.7 Å². The lowest BCUT2D eigenvalue weighted by Gasteiger charge is -2.32. The van der Waals surface area contributed by atoms with Crippen LogP contribution in [0.15, 0.2) is 0 Å². The minimum absolute atomic E-state index is 0.0700. The van der Waals surface area contributed by atoms with Gasteiger partial charge in [0.1, 0.15) is 0 Å². The number of hydrogen-bond acceptors (Lipinski definition) is 2. The SMILES string of the molecule is CCCC(CCC)(C(=O)NCC1(C2CC2)CC1)C(N)=S. The van der Waals surface area contributed by atoms with Gasteiger partial charge in [0.15, 0.2) is 0 Å². The van der Waals surface area contributed by atoms with E-state index in [-0.39, 0.29) is 5.91 Å². The Morgan fingerprint density at radius 1 is 1.30 bits per heavy atom. The number of nitrogens with one attached hydrogen (secondary N) is 1. The molecular weight excluding hydrogens is 268 g/mol. The summed E-state index contributed by atoms with van der Waals surface area (Å²) in [5.74, 6) is 0.931. The highest BCUT2D eigenvalue weighted by atomic mass is 32.1. The fraction of sp³-hybridized carbons (Fsp3) is 0.875. The molecule has 0 heterocycles. The maximum Gasteiger partial charge on any atom is 0.233 e. The van der Waals surface area contributed by atoms with E-state index in [1.807, 2.05) is 0 Å². The lowest BCUT2D eigenvalue weighted by molar-refractivity contribution is -0.128. The third-order valence-corrected chi connectivity index (χ3v) is 5.59. The van der Waals surface area contributed by atoms with Crippen LogP contribution in [-0.2, 0) is 4.79 Å². The highest BCUT2D eigenvalue weighted by molar-refractivity contribution is 7.80. The third-order valence-electron chi connectivity index (χ3n) is 5.20. The van der Waals surface area contributed by atoms with Crippen molar-refractivity contribution in [1.29, 1.82) is 0 Å². The lowest BCUT2D eigenvalue weighted by Crippen LogP contribution is -2.50. The summed E-state index contributed by atoms with van der Waals surface area (Å²) in [5.41, 5.74) is 5.74. The molecule has 2 aliphatic carbocycles. The highest BCUT2D eigenvalue weighted by Gasteiger charge is 2.54. The summed E-state index contributed by atoms with van der Waals surface area (Å²) in [6.07, 6.45) is 8.63. The molecule has 2 rings (SSSR count). The first-order chi connectivity index (χ1) is 9.50. The van der Waals surface area contributed by atoms with Gasteiger partial charge in [-0.05, 0) is 49.9 Å². The molecule has 0 aliphatic heterocycles. The Hall–Kier alpha value is -0.640. The molecule has 2 saturated carbocycles. The van der Waals surface area contributed by atoms with Gasteiger partial charge in [-0.15, -0.1) is 0 Å². The van der Waals surface area contributed by atoms with Crippen LogP contribution in [0, 0.1) is 16.7 Å². The Bertz CT molecular complexity index is 380. The van der Waals surface area contributed by atoms with Crippen molar-refractivity contribution in [2.45, 2.75) is 65.2 Å². The predicted octanol–water partition coefficient (Wildman–Crippen LogP) is 3.17. The van der Waals surface area contributed by atoms with Crippen molar-refractivity contribution in [1.82, 2.24) is 5.32 Å². The van der Waals surface area contributed by atoms with E-state index in [2.05, 4.69) is 19.2 Å². The van der Waals surface area contributed by atoms with E-state index in [1.54, 1.807) is 0 Å². The fourth-order valence-corrected chi connectivity index (χ4v) is 3.87. The molecule has 3 N–H and O–H groups in total. The standard InChI is InChI=1S/C16H28N2OS/c1-3-7-16(8-4-2,13(17)20)14(19)18-11-15(9-10-15)12-5-6-12/h12H,3-11H2,1-2H3,(H2,17,20)(H,18,19). The van der Waals surface area contributed by atoms with Gasteiger partial charge in [-0.2, -0.15) is 0 Å². The van der Waals surface area contributed by atoms with Crippen molar-refractivity contribution < 1.29 is 4.79 Å². The molecule has 1 amide bonds. The smallest absolute Gasteiger partial charge is 0.233 e. The molecule has 3 nitrogen and oxygen atoms in total. The number of nitrogens with two attached hydrogens (primary N) is 1. The van der Waals surface area contributed by atoms with Gasteiger partial charge in [-0.3, -0.25) is 4.79 Å². The van der Waals surface area contributed by atoms with E-state index < -0.39 is 5.41 Å². The van der Waals surface area contributed by atoms with Gasteiger partial charge in [0.25, 0.3) is 0 Å². The molecular formula is C16H28N2OS. The summed E-state index contributed by atoms with van der Waals surface area (Å²) >= 11 is 5.24. The fourth-order valence-electron chi connectivity index (χ4n) is 3.58. The molecule has 0 spiro atoms. The van der Waals surface area contributed by atoms with Crippen molar-refractivity contribution in [3.8, 4) is 0 Å². The summed E-state index contributed by atoms with van der Waals surface area (Å²) in [5, 5.41) is 3.19. The van der Waals surface area contributed by atoms with Crippen molar-refractivity contribution in [3.05, 3.63) is 0 Å². The lowest BCUT2D eigenvalue weighted by atomic mass is 9.78. The molecule has 114 valence electrons. The molecule has 0 radical (unpaired) electrons. The molecule has 0 bridgehead atoms. The Kier molecular flexibility index (Phi) is 4.73. The van der Waals surface area contributed by atoms with Crippen LogP contribution in [0.2, 0.25) is 0 Å². The average Bonchev–Trinajstić information content (AvgIpc) is 3.27. The molecule has 0 atom stereocenters. The van der Waals surface area contributed by atoms with Crippen LogP contribution in [-0.4, -0.2) is 17.4 Å². The average molecular weight is 296 g/mol. The molecule has 20 heavy (non-hydrogen) atoms. The van der Waals surface area contributed by atoms with E-state index in [0.717, 1.165) is 38.1 Å². The van der Waals surface area contributed by atoms with E-state index in [9.17, 15) is 4.79 Å². The van der Waals surface area contributed by atoms with E-state index >= 15 is 0 Å². The molecule has 2 fully saturated rings. The zero-order valence-electron chi connectivity index (χ0n) is 12.8. The first-order valence-corrected chi connectivity index (χ1v) is 8.50. The van der Waals surface area contributed by atoms with Crippen molar-refractivity contribution >= 4 is 23.1 Å². The van der Waals surface area contributed by atoms with Gasteiger partial charge < -0.3 is 11.1 Å². The summed E-state index contributed by atoms with van der Waals surface area (Å²) in [6.45, 7) is 5.00. The van der Waals surface area contributed by atoms with Crippen LogP contribution in [0.4, 0.5) is 0 Å². The number of carbonyl (C=O) groups excluding carboxylic acids is 1. The topological polar surface area (TPSA) is 55.1 Å². The molecule has 2 aliphatic rings. The summed E-state index contributed by atoms with van der Waals surface area (Å²) < 4.78 is 0. The van der Waals surface area contributed by atoms with E-state index in [4.69, 9.17) is 18.0 Å². The molecule has 0 aromatic carbocycles. The van der Waals surface area contributed by atoms with Gasteiger partial charge in [0.2, 0.25) is 5.91 Å². The summed E-state index contributed by atoms with van der Waals surface area (Å²) in [6, 6.07) is 0. The van der Waals surface area contributed by atoms with E-state index in [0.29, 0.717) is 10.4 Å². The van der Waals surface area contributed by atoms with Crippen LogP contribution < -0.4 is 11.1 Å². The second kappa shape index (κ2) is 6.00. The van der Waals surface area contributed by atoms with Crippen molar-refractivity contribution in [2.24, 2.45) is 22.5 Å². The zero-order valence-corrected chi connectivity index (χ0v) is 13.7. The Morgan fingerprint density at radius 3 is 2.20 bits per heavy atom. The van der Waals surface area contributed by atoms with Crippen LogP contribution >= 0.6 is 12.2 Å². The maximum absolute atomic E-state index is 12.7. The van der Waals surface area contributed by atoms with Gasteiger partial charge in [-0.1, -0.05) is 38.9 Å². The quantitative estimate of drug-likeness (QED) is 0.643. The van der Waals surface area contributed by atoms with Crippen molar-refractivity contribution in [3.63, 3.8) is 0 Å². The number of carbonyl (C=O) groups is 1. The zero-order chi connectivity index (χ0) is 14.8. The monoisotopic (exact) mass is 296 g/mol. The van der Waals surface area contributed by atoms with Gasteiger partial charge in [0, 0.05) is 6.54 Å². The van der Waals surface area contributed by atoms with Gasteiger partial charge in [-0.25, -0.2) is 0 Å². The molecule has 0 unspecified atom stereocenters. The Labute approximate surface area is 128 Å². The minimum atomic E-state index is -0.627. The summed E-state index contributed by atoms with van der Waals surface area (Å²) in [7, 11) is 0.